The Hall–Kier alpha value is -2.90. The molecule has 6 nitrogen and oxygen atoms in total. The number of nitrogens with two attached hydrogens (primary N) is 1. The second kappa shape index (κ2) is 7.61. The minimum absolute atomic E-state index is 0.242. The van der Waals surface area contributed by atoms with E-state index in [2.05, 4.69) is 36.2 Å². The van der Waals surface area contributed by atoms with Gasteiger partial charge in [-0.25, -0.2) is 4.98 Å². The summed E-state index contributed by atoms with van der Waals surface area (Å²) in [5.74, 6) is 1.23. The third kappa shape index (κ3) is 3.46. The Balaban J connectivity index is 1.70. The molecule has 28 heavy (non-hydrogen) atoms. The van der Waals surface area contributed by atoms with Crippen LogP contribution in [0.3, 0.4) is 0 Å². The van der Waals surface area contributed by atoms with Gasteiger partial charge in [0.15, 0.2) is 11.6 Å². The van der Waals surface area contributed by atoms with Gasteiger partial charge in [-0.2, -0.15) is 4.98 Å². The van der Waals surface area contributed by atoms with Crippen LogP contribution in [-0.4, -0.2) is 15.0 Å². The number of nitrogens with one attached hydrogen (secondary N) is 1. The Morgan fingerprint density at radius 1 is 1.07 bits per heavy atom. The van der Waals surface area contributed by atoms with Crippen molar-refractivity contribution in [2.45, 2.75) is 6.92 Å². The number of hydrogen-bond acceptors (Lipinski definition) is 6. The zero-order valence-electron chi connectivity index (χ0n) is 14.8. The van der Waals surface area contributed by atoms with Crippen LogP contribution in [0.5, 0.6) is 11.6 Å². The van der Waals surface area contributed by atoms with Gasteiger partial charge in [0, 0.05) is 26.8 Å². The summed E-state index contributed by atoms with van der Waals surface area (Å²) in [6.45, 7) is 1.92. The van der Waals surface area contributed by atoms with Gasteiger partial charge in [-0.1, -0.05) is 39.7 Å². The standard InChI is InChI=1S/C20H15BrClN5O/c1-11-14(22)5-2-6-15(11)27-19-17(23)20(26-10-25-19)28-16-8-7-13(21)12-4-3-9-24-18(12)16/h2-10H,23H2,1H3,(H,25,26,27). The zero-order valence-corrected chi connectivity index (χ0v) is 17.1. The number of halogens is 2. The quantitative estimate of drug-likeness (QED) is 0.399. The van der Waals surface area contributed by atoms with Gasteiger partial charge in [0.05, 0.1) is 0 Å². The van der Waals surface area contributed by atoms with Crippen molar-refractivity contribution in [2.75, 3.05) is 11.1 Å². The number of benzene rings is 2. The van der Waals surface area contributed by atoms with E-state index in [-0.39, 0.29) is 11.6 Å². The van der Waals surface area contributed by atoms with Gasteiger partial charge in [-0.3, -0.25) is 4.98 Å². The van der Waals surface area contributed by atoms with Crippen molar-refractivity contribution < 1.29 is 4.74 Å². The lowest BCUT2D eigenvalue weighted by Gasteiger charge is -2.14. The topological polar surface area (TPSA) is 86.0 Å². The number of nitrogen functional groups attached to an aromatic ring is 1. The number of fused-ring (bicyclic) bond motifs is 1. The van der Waals surface area contributed by atoms with E-state index in [9.17, 15) is 0 Å². The Bertz CT molecular complexity index is 1180. The Labute approximate surface area is 174 Å². The first-order valence-corrected chi connectivity index (χ1v) is 9.55. The van der Waals surface area contributed by atoms with E-state index in [0.29, 0.717) is 22.1 Å². The lowest BCUT2D eigenvalue weighted by molar-refractivity contribution is 0.469. The summed E-state index contributed by atoms with van der Waals surface area (Å²) < 4.78 is 6.91. The average molecular weight is 457 g/mol. The molecule has 0 bridgehead atoms. The van der Waals surface area contributed by atoms with Gasteiger partial charge in [0.2, 0.25) is 5.88 Å². The summed E-state index contributed by atoms with van der Waals surface area (Å²) in [7, 11) is 0. The highest BCUT2D eigenvalue weighted by atomic mass is 79.9. The number of nitrogens with zero attached hydrogens (tertiary/aromatic N) is 3. The number of rotatable bonds is 4. The number of pyridine rings is 1. The Morgan fingerprint density at radius 3 is 2.79 bits per heavy atom. The first-order chi connectivity index (χ1) is 13.5. The smallest absolute Gasteiger partial charge is 0.248 e. The van der Waals surface area contributed by atoms with Crippen molar-refractivity contribution in [1.29, 1.82) is 0 Å². The molecule has 0 amide bonds. The molecular weight excluding hydrogens is 442 g/mol. The lowest BCUT2D eigenvalue weighted by atomic mass is 10.2. The van der Waals surface area contributed by atoms with Crippen LogP contribution >= 0.6 is 27.5 Å². The van der Waals surface area contributed by atoms with Crippen LogP contribution < -0.4 is 15.8 Å². The number of anilines is 3. The molecule has 0 aliphatic heterocycles. The fourth-order valence-corrected chi connectivity index (χ4v) is 3.36. The fourth-order valence-electron chi connectivity index (χ4n) is 2.73. The highest BCUT2D eigenvalue weighted by Gasteiger charge is 2.14. The molecule has 3 N–H and O–H groups in total. The van der Waals surface area contributed by atoms with Gasteiger partial charge in [0.1, 0.15) is 17.5 Å². The van der Waals surface area contributed by atoms with Gasteiger partial charge in [-0.15, -0.1) is 0 Å². The van der Waals surface area contributed by atoms with E-state index in [1.165, 1.54) is 6.33 Å². The van der Waals surface area contributed by atoms with Crippen molar-refractivity contribution in [3.63, 3.8) is 0 Å². The predicted octanol–water partition coefficient (Wildman–Crippen LogP) is 5.87. The van der Waals surface area contributed by atoms with E-state index >= 15 is 0 Å². The van der Waals surface area contributed by atoms with E-state index in [4.69, 9.17) is 22.1 Å². The largest absolute Gasteiger partial charge is 0.435 e. The van der Waals surface area contributed by atoms with E-state index in [1.807, 2.05) is 49.4 Å². The van der Waals surface area contributed by atoms with Gasteiger partial charge in [-0.05, 0) is 42.8 Å². The minimum atomic E-state index is 0.242. The second-order valence-electron chi connectivity index (χ2n) is 6.03. The summed E-state index contributed by atoms with van der Waals surface area (Å²) >= 11 is 9.71. The molecule has 0 saturated heterocycles. The lowest BCUT2D eigenvalue weighted by Crippen LogP contribution is -2.04. The van der Waals surface area contributed by atoms with Gasteiger partial charge in [0.25, 0.3) is 0 Å². The molecule has 4 rings (SSSR count). The molecule has 0 spiro atoms. The van der Waals surface area contributed by atoms with E-state index in [0.717, 1.165) is 21.1 Å². The third-order valence-electron chi connectivity index (χ3n) is 4.25. The monoisotopic (exact) mass is 455 g/mol. The van der Waals surface area contributed by atoms with E-state index < -0.39 is 0 Å². The van der Waals surface area contributed by atoms with Crippen molar-refractivity contribution in [3.05, 3.63) is 70.0 Å². The maximum absolute atomic E-state index is 6.27. The molecule has 0 radical (unpaired) electrons. The zero-order chi connectivity index (χ0) is 19.7. The molecular formula is C20H15BrClN5O. The van der Waals surface area contributed by atoms with Crippen LogP contribution in [0.1, 0.15) is 5.56 Å². The molecule has 0 fully saturated rings. The molecule has 2 aromatic carbocycles. The molecule has 0 saturated carbocycles. The Morgan fingerprint density at radius 2 is 1.93 bits per heavy atom. The fraction of sp³-hybridized carbons (Fsp3) is 0.0500. The molecule has 0 aliphatic rings. The first-order valence-electron chi connectivity index (χ1n) is 8.38. The molecule has 2 heterocycles. The van der Waals surface area contributed by atoms with E-state index in [1.54, 1.807) is 6.20 Å². The van der Waals surface area contributed by atoms with Crippen LogP contribution in [-0.2, 0) is 0 Å². The van der Waals surface area contributed by atoms with Crippen LogP contribution in [0, 0.1) is 6.92 Å². The van der Waals surface area contributed by atoms with Gasteiger partial charge < -0.3 is 15.8 Å². The molecule has 0 aliphatic carbocycles. The highest BCUT2D eigenvalue weighted by molar-refractivity contribution is 9.10. The number of ether oxygens (including phenoxy) is 1. The normalized spacial score (nSPS) is 10.8. The van der Waals surface area contributed by atoms with Crippen molar-refractivity contribution >= 4 is 55.6 Å². The van der Waals surface area contributed by atoms with Crippen molar-refractivity contribution in [3.8, 4) is 11.6 Å². The molecule has 2 aromatic heterocycles. The van der Waals surface area contributed by atoms with Crippen LogP contribution in [0.2, 0.25) is 5.02 Å². The minimum Gasteiger partial charge on any atom is -0.435 e. The predicted molar refractivity (Wildman–Crippen MR) is 115 cm³/mol. The maximum Gasteiger partial charge on any atom is 0.248 e. The third-order valence-corrected chi connectivity index (χ3v) is 5.36. The van der Waals surface area contributed by atoms with Gasteiger partial charge >= 0.3 is 0 Å². The second-order valence-corrected chi connectivity index (χ2v) is 7.29. The molecule has 4 aromatic rings. The molecule has 140 valence electrons. The SMILES string of the molecule is Cc1c(Cl)cccc1Nc1ncnc(Oc2ccc(Br)c3cccnc23)c1N. The average Bonchev–Trinajstić information content (AvgIpc) is 2.70. The number of aromatic nitrogens is 3. The van der Waals surface area contributed by atoms with Crippen LogP contribution in [0.15, 0.2) is 59.5 Å². The summed E-state index contributed by atoms with van der Waals surface area (Å²) in [6.07, 6.45) is 3.10. The first kappa shape index (κ1) is 18.5. The van der Waals surface area contributed by atoms with Crippen molar-refractivity contribution in [2.24, 2.45) is 0 Å². The molecule has 8 heteroatoms. The number of hydrogen-bond donors (Lipinski definition) is 2. The van der Waals surface area contributed by atoms with Crippen LogP contribution in [0.25, 0.3) is 10.9 Å². The Kier molecular flexibility index (Phi) is 5.02. The summed E-state index contributed by atoms with van der Waals surface area (Å²) in [5, 5.41) is 4.78. The summed E-state index contributed by atoms with van der Waals surface area (Å²) in [5.41, 5.74) is 8.96. The van der Waals surface area contributed by atoms with Crippen molar-refractivity contribution in [1.82, 2.24) is 15.0 Å². The highest BCUT2D eigenvalue weighted by Crippen LogP contribution is 2.36. The maximum atomic E-state index is 6.27. The van der Waals surface area contributed by atoms with Crippen LogP contribution in [0.4, 0.5) is 17.2 Å². The molecule has 0 unspecified atom stereocenters. The summed E-state index contributed by atoms with van der Waals surface area (Å²) in [4.78, 5) is 12.8. The summed E-state index contributed by atoms with van der Waals surface area (Å²) in [6, 6.07) is 13.1. The molecule has 0 atom stereocenters.